The van der Waals surface area contributed by atoms with Crippen molar-refractivity contribution >= 4 is 21.6 Å². The Bertz CT molecular complexity index is 526. The predicted octanol–water partition coefficient (Wildman–Crippen LogP) is 3.01. The van der Waals surface area contributed by atoms with Crippen molar-refractivity contribution in [2.75, 3.05) is 12.8 Å². The lowest BCUT2D eigenvalue weighted by atomic mass is 10.2. The van der Waals surface area contributed by atoms with Gasteiger partial charge in [-0.2, -0.15) is 0 Å². The Morgan fingerprint density at radius 1 is 1.33 bits per heavy atom. The van der Waals surface area contributed by atoms with Crippen LogP contribution in [0.1, 0.15) is 5.56 Å². The molecule has 2 aromatic rings. The van der Waals surface area contributed by atoms with E-state index in [-0.39, 0.29) is 0 Å². The second-order valence-corrected chi connectivity index (χ2v) is 4.53. The molecular weight excluding hydrogens is 296 g/mol. The fraction of sp³-hybridized carbons (Fsp3) is 0.154. The van der Waals surface area contributed by atoms with Gasteiger partial charge in [0, 0.05) is 6.20 Å². The number of hydrogen-bond acceptors (Lipinski definition) is 4. The van der Waals surface area contributed by atoms with E-state index in [4.69, 9.17) is 15.2 Å². The second-order valence-electron chi connectivity index (χ2n) is 3.68. The predicted molar refractivity (Wildman–Crippen MR) is 73.7 cm³/mol. The molecule has 0 radical (unpaired) electrons. The lowest BCUT2D eigenvalue weighted by molar-refractivity contribution is 0.304. The molecule has 4 nitrogen and oxygen atoms in total. The van der Waals surface area contributed by atoms with Crippen LogP contribution < -0.4 is 15.2 Å². The van der Waals surface area contributed by atoms with Crippen molar-refractivity contribution in [3.05, 3.63) is 46.7 Å². The van der Waals surface area contributed by atoms with E-state index >= 15 is 0 Å². The van der Waals surface area contributed by atoms with E-state index in [2.05, 4.69) is 20.9 Å². The summed E-state index contributed by atoms with van der Waals surface area (Å²) in [6.45, 7) is 0.421. The average Bonchev–Trinajstić information content (AvgIpc) is 2.38. The molecule has 18 heavy (non-hydrogen) atoms. The van der Waals surface area contributed by atoms with Gasteiger partial charge in [0.2, 0.25) is 0 Å². The standard InChI is InChI=1S/C13H13BrN2O2/c1-17-10-4-2-3-9(5-10)8-18-13-11(14)6-16-7-12(13)15/h2-7H,8,15H2,1H3. The Morgan fingerprint density at radius 2 is 2.17 bits per heavy atom. The van der Waals surface area contributed by atoms with Gasteiger partial charge in [-0.3, -0.25) is 4.98 Å². The molecule has 1 aromatic heterocycles. The molecule has 1 aromatic carbocycles. The SMILES string of the molecule is COc1cccc(COc2c(N)cncc2Br)c1. The number of methoxy groups -OCH3 is 1. The van der Waals surface area contributed by atoms with Crippen molar-refractivity contribution in [2.45, 2.75) is 6.61 Å². The molecule has 1 heterocycles. The quantitative estimate of drug-likeness (QED) is 0.943. The van der Waals surface area contributed by atoms with Gasteiger partial charge in [-0.05, 0) is 33.6 Å². The minimum Gasteiger partial charge on any atom is -0.497 e. The topological polar surface area (TPSA) is 57.4 Å². The molecule has 0 amide bonds. The minimum absolute atomic E-state index is 0.421. The van der Waals surface area contributed by atoms with Crippen LogP contribution >= 0.6 is 15.9 Å². The summed E-state index contributed by atoms with van der Waals surface area (Å²) in [6.07, 6.45) is 3.21. The number of nitrogens with two attached hydrogens (primary N) is 1. The third kappa shape index (κ3) is 2.92. The number of ether oxygens (including phenoxy) is 2. The summed E-state index contributed by atoms with van der Waals surface area (Å²) < 4.78 is 11.6. The summed E-state index contributed by atoms with van der Waals surface area (Å²) in [6, 6.07) is 7.70. The highest BCUT2D eigenvalue weighted by Crippen LogP contribution is 2.30. The van der Waals surface area contributed by atoms with Gasteiger partial charge in [-0.25, -0.2) is 0 Å². The van der Waals surface area contributed by atoms with Gasteiger partial charge in [-0.15, -0.1) is 0 Å². The summed E-state index contributed by atoms with van der Waals surface area (Å²) in [7, 11) is 1.64. The number of rotatable bonds is 4. The second kappa shape index (κ2) is 5.73. The number of aromatic nitrogens is 1. The van der Waals surface area contributed by atoms with Crippen LogP contribution in [0, 0.1) is 0 Å². The minimum atomic E-state index is 0.421. The molecule has 0 aliphatic carbocycles. The summed E-state index contributed by atoms with van der Waals surface area (Å²) in [5, 5.41) is 0. The highest BCUT2D eigenvalue weighted by atomic mass is 79.9. The molecule has 0 bridgehead atoms. The van der Waals surface area contributed by atoms with E-state index in [0.717, 1.165) is 15.8 Å². The number of nitrogen functional groups attached to an aromatic ring is 1. The molecule has 0 aliphatic heterocycles. The first-order valence-electron chi connectivity index (χ1n) is 5.35. The molecular formula is C13H13BrN2O2. The fourth-order valence-corrected chi connectivity index (χ4v) is 1.97. The zero-order valence-corrected chi connectivity index (χ0v) is 11.5. The first kappa shape index (κ1) is 12.7. The van der Waals surface area contributed by atoms with Gasteiger partial charge in [0.15, 0.2) is 5.75 Å². The molecule has 0 aliphatic rings. The number of halogens is 1. The van der Waals surface area contributed by atoms with Crippen molar-refractivity contribution < 1.29 is 9.47 Å². The van der Waals surface area contributed by atoms with Crippen molar-refractivity contribution in [3.63, 3.8) is 0 Å². The highest BCUT2D eigenvalue weighted by Gasteiger charge is 2.06. The van der Waals surface area contributed by atoms with E-state index in [1.807, 2.05) is 24.3 Å². The Kier molecular flexibility index (Phi) is 4.04. The largest absolute Gasteiger partial charge is 0.497 e. The molecule has 0 atom stereocenters. The molecule has 0 saturated carbocycles. The third-order valence-corrected chi connectivity index (χ3v) is 2.96. The first-order valence-corrected chi connectivity index (χ1v) is 6.14. The van der Waals surface area contributed by atoms with Gasteiger partial charge in [0.25, 0.3) is 0 Å². The number of benzene rings is 1. The number of hydrogen-bond donors (Lipinski definition) is 1. The van der Waals surface area contributed by atoms with Crippen LogP contribution in [0.4, 0.5) is 5.69 Å². The maximum absolute atomic E-state index is 5.80. The summed E-state index contributed by atoms with van der Waals surface area (Å²) in [5.74, 6) is 1.41. The van der Waals surface area contributed by atoms with E-state index in [1.165, 1.54) is 0 Å². The van der Waals surface area contributed by atoms with Crippen LogP contribution in [-0.2, 0) is 6.61 Å². The van der Waals surface area contributed by atoms with Crippen LogP contribution in [0.2, 0.25) is 0 Å². The third-order valence-electron chi connectivity index (χ3n) is 2.40. The van der Waals surface area contributed by atoms with Crippen LogP contribution in [-0.4, -0.2) is 12.1 Å². The van der Waals surface area contributed by atoms with E-state index in [1.54, 1.807) is 19.5 Å². The molecule has 2 rings (SSSR count). The van der Waals surface area contributed by atoms with Crippen LogP contribution in [0.25, 0.3) is 0 Å². The normalized spacial score (nSPS) is 10.1. The monoisotopic (exact) mass is 308 g/mol. The Balaban J connectivity index is 2.11. The molecule has 0 unspecified atom stereocenters. The van der Waals surface area contributed by atoms with E-state index in [9.17, 15) is 0 Å². The lowest BCUT2D eigenvalue weighted by Crippen LogP contribution is -2.00. The van der Waals surface area contributed by atoms with Gasteiger partial charge in [0.1, 0.15) is 12.4 Å². The van der Waals surface area contributed by atoms with Gasteiger partial charge < -0.3 is 15.2 Å². The number of nitrogens with zero attached hydrogens (tertiary/aromatic N) is 1. The van der Waals surface area contributed by atoms with Crippen LogP contribution in [0.15, 0.2) is 41.1 Å². The van der Waals surface area contributed by atoms with Crippen LogP contribution in [0.5, 0.6) is 11.5 Å². The summed E-state index contributed by atoms with van der Waals surface area (Å²) >= 11 is 3.36. The first-order chi connectivity index (χ1) is 8.70. The van der Waals surface area contributed by atoms with Gasteiger partial charge in [0.05, 0.1) is 23.5 Å². The summed E-state index contributed by atoms with van der Waals surface area (Å²) in [5.41, 5.74) is 7.32. The maximum Gasteiger partial charge on any atom is 0.160 e. The maximum atomic E-state index is 5.80. The average molecular weight is 309 g/mol. The molecule has 5 heteroatoms. The lowest BCUT2D eigenvalue weighted by Gasteiger charge is -2.10. The van der Waals surface area contributed by atoms with E-state index < -0.39 is 0 Å². The van der Waals surface area contributed by atoms with Crippen LogP contribution in [0.3, 0.4) is 0 Å². The molecule has 0 saturated heterocycles. The highest BCUT2D eigenvalue weighted by molar-refractivity contribution is 9.10. The van der Waals surface area contributed by atoms with Crippen molar-refractivity contribution in [3.8, 4) is 11.5 Å². The molecule has 0 fully saturated rings. The van der Waals surface area contributed by atoms with Gasteiger partial charge in [-0.1, -0.05) is 12.1 Å². The Labute approximate surface area is 114 Å². The van der Waals surface area contributed by atoms with Gasteiger partial charge >= 0.3 is 0 Å². The zero-order valence-electron chi connectivity index (χ0n) is 9.89. The van der Waals surface area contributed by atoms with Crippen molar-refractivity contribution in [1.82, 2.24) is 4.98 Å². The smallest absolute Gasteiger partial charge is 0.160 e. The molecule has 2 N–H and O–H groups in total. The number of anilines is 1. The van der Waals surface area contributed by atoms with Crippen molar-refractivity contribution in [1.29, 1.82) is 0 Å². The Morgan fingerprint density at radius 3 is 2.89 bits per heavy atom. The van der Waals surface area contributed by atoms with Crippen molar-refractivity contribution in [2.24, 2.45) is 0 Å². The van der Waals surface area contributed by atoms with E-state index in [0.29, 0.717) is 18.0 Å². The Hall–Kier alpha value is -1.75. The summed E-state index contributed by atoms with van der Waals surface area (Å²) in [4.78, 5) is 3.95. The zero-order chi connectivity index (χ0) is 13.0. The fourth-order valence-electron chi connectivity index (χ4n) is 1.51. The number of pyridine rings is 1. The molecule has 0 spiro atoms. The molecule has 94 valence electrons.